The zero-order chi connectivity index (χ0) is 21.0. The Balaban J connectivity index is 0.00000245. The first-order valence-corrected chi connectivity index (χ1v) is 10.5. The van der Waals surface area contributed by atoms with Crippen LogP contribution in [-0.4, -0.2) is 42.0 Å². The number of nitrogens with zero attached hydrogens (tertiary/aromatic N) is 2. The molecule has 0 aliphatic carbocycles. The highest BCUT2D eigenvalue weighted by Gasteiger charge is 2.16. The molecule has 0 unspecified atom stereocenters. The molecule has 1 aliphatic heterocycles. The largest absolute Gasteiger partial charge is 0.456 e. The van der Waals surface area contributed by atoms with Crippen LogP contribution < -0.4 is 10.6 Å². The zero-order valence-electron chi connectivity index (χ0n) is 17.6. The number of hydrogen-bond donors (Lipinski definition) is 2. The molecule has 1 amide bonds. The number of rotatable bonds is 5. The Morgan fingerprint density at radius 2 is 1.81 bits per heavy atom. The third-order valence-electron chi connectivity index (χ3n) is 5.64. The number of piperazine rings is 1. The van der Waals surface area contributed by atoms with Gasteiger partial charge in [-0.05, 0) is 42.0 Å². The van der Waals surface area contributed by atoms with E-state index in [2.05, 4.69) is 32.7 Å². The molecule has 0 radical (unpaired) electrons. The molecule has 1 aliphatic rings. The summed E-state index contributed by atoms with van der Waals surface area (Å²) in [5.41, 5.74) is 4.25. The number of amides is 1. The molecule has 0 atom stereocenters. The number of fused-ring (bicyclic) bond motifs is 1. The normalized spacial score (nSPS) is 14.1. The molecule has 7 heteroatoms. The molecule has 5 rings (SSSR count). The summed E-state index contributed by atoms with van der Waals surface area (Å²) < 4.78 is 6.22. The van der Waals surface area contributed by atoms with Gasteiger partial charge in [0.1, 0.15) is 11.3 Å². The van der Waals surface area contributed by atoms with Crippen molar-refractivity contribution in [2.75, 3.05) is 31.5 Å². The quantitative estimate of drug-likeness (QED) is 0.468. The fourth-order valence-corrected chi connectivity index (χ4v) is 4.01. The van der Waals surface area contributed by atoms with Crippen molar-refractivity contribution >= 4 is 35.0 Å². The van der Waals surface area contributed by atoms with E-state index in [0.29, 0.717) is 11.3 Å². The van der Waals surface area contributed by atoms with E-state index in [1.54, 1.807) is 24.5 Å². The fourth-order valence-electron chi connectivity index (χ4n) is 4.01. The minimum Gasteiger partial charge on any atom is -0.456 e. The summed E-state index contributed by atoms with van der Waals surface area (Å²) in [5, 5.41) is 7.52. The number of hydrogen-bond acceptors (Lipinski definition) is 5. The molecular weight excluding hydrogens is 424 g/mol. The van der Waals surface area contributed by atoms with Crippen LogP contribution in [0.5, 0.6) is 0 Å². The minimum atomic E-state index is -0.176. The number of carbonyl (C=O) groups excluding carboxylic acids is 1. The van der Waals surface area contributed by atoms with Crippen molar-refractivity contribution in [2.24, 2.45) is 0 Å². The molecule has 0 bridgehead atoms. The number of nitrogens with one attached hydrogen (secondary N) is 2. The van der Waals surface area contributed by atoms with Gasteiger partial charge in [-0.3, -0.25) is 14.7 Å². The van der Waals surface area contributed by atoms with Gasteiger partial charge < -0.3 is 15.1 Å². The third-order valence-corrected chi connectivity index (χ3v) is 5.64. The van der Waals surface area contributed by atoms with Crippen molar-refractivity contribution in [2.45, 2.75) is 6.54 Å². The first-order valence-electron chi connectivity index (χ1n) is 10.5. The maximum Gasteiger partial charge on any atom is 0.255 e. The molecule has 32 heavy (non-hydrogen) atoms. The zero-order valence-corrected chi connectivity index (χ0v) is 18.4. The highest BCUT2D eigenvalue weighted by molar-refractivity contribution is 6.06. The smallest absolute Gasteiger partial charge is 0.255 e. The van der Waals surface area contributed by atoms with Crippen LogP contribution >= 0.6 is 12.4 Å². The lowest BCUT2D eigenvalue weighted by molar-refractivity contribution is 0.102. The molecule has 0 saturated carbocycles. The average molecular weight is 449 g/mol. The maximum absolute atomic E-state index is 12.7. The van der Waals surface area contributed by atoms with Crippen molar-refractivity contribution in [1.29, 1.82) is 0 Å². The number of aromatic nitrogens is 1. The van der Waals surface area contributed by atoms with Crippen LogP contribution in [0.25, 0.3) is 22.3 Å². The molecule has 164 valence electrons. The van der Waals surface area contributed by atoms with E-state index in [9.17, 15) is 4.79 Å². The standard InChI is InChI=1S/C25H24N4O2.ClH/c30-25(18-8-10-26-11-9-18)28-22-6-2-1-5-20(22)24-16-21-19(4-3-7-23(21)31-24)17-29-14-12-27-13-15-29;/h1-11,16,27H,12-15,17H2,(H,28,30);1H. The van der Waals surface area contributed by atoms with E-state index in [-0.39, 0.29) is 18.3 Å². The molecule has 2 aromatic carbocycles. The van der Waals surface area contributed by atoms with Crippen LogP contribution in [0.15, 0.2) is 77.5 Å². The first-order chi connectivity index (χ1) is 15.3. The summed E-state index contributed by atoms with van der Waals surface area (Å²) in [6.07, 6.45) is 3.22. The van der Waals surface area contributed by atoms with Crippen molar-refractivity contribution in [1.82, 2.24) is 15.2 Å². The second kappa shape index (κ2) is 9.96. The predicted molar refractivity (Wildman–Crippen MR) is 129 cm³/mol. The first kappa shape index (κ1) is 22.0. The Labute approximate surface area is 193 Å². The summed E-state index contributed by atoms with van der Waals surface area (Å²) in [7, 11) is 0. The predicted octanol–water partition coefficient (Wildman–Crippen LogP) is 4.57. The topological polar surface area (TPSA) is 70.4 Å². The van der Waals surface area contributed by atoms with E-state index in [1.165, 1.54) is 5.56 Å². The van der Waals surface area contributed by atoms with Crippen LogP contribution in [-0.2, 0) is 6.54 Å². The van der Waals surface area contributed by atoms with E-state index < -0.39 is 0 Å². The van der Waals surface area contributed by atoms with Gasteiger partial charge in [0.25, 0.3) is 5.91 Å². The lowest BCUT2D eigenvalue weighted by Gasteiger charge is -2.27. The van der Waals surface area contributed by atoms with E-state index in [4.69, 9.17) is 4.42 Å². The van der Waals surface area contributed by atoms with Gasteiger partial charge in [0, 0.05) is 61.6 Å². The van der Waals surface area contributed by atoms with Crippen molar-refractivity contribution < 1.29 is 9.21 Å². The lowest BCUT2D eigenvalue weighted by atomic mass is 10.1. The Morgan fingerprint density at radius 3 is 2.62 bits per heavy atom. The lowest BCUT2D eigenvalue weighted by Crippen LogP contribution is -2.42. The second-order valence-electron chi connectivity index (χ2n) is 7.70. The summed E-state index contributed by atoms with van der Waals surface area (Å²) in [4.78, 5) is 19.1. The highest BCUT2D eigenvalue weighted by atomic mass is 35.5. The van der Waals surface area contributed by atoms with Crippen molar-refractivity contribution in [3.05, 3.63) is 84.2 Å². The number of carbonyl (C=O) groups is 1. The number of para-hydroxylation sites is 1. The molecule has 3 heterocycles. The number of furan rings is 1. The van der Waals surface area contributed by atoms with E-state index in [0.717, 1.165) is 55.0 Å². The van der Waals surface area contributed by atoms with Crippen molar-refractivity contribution in [3.63, 3.8) is 0 Å². The number of anilines is 1. The molecule has 2 aromatic heterocycles. The van der Waals surface area contributed by atoms with E-state index in [1.807, 2.05) is 36.4 Å². The summed E-state index contributed by atoms with van der Waals surface area (Å²) in [6, 6.07) is 19.4. The van der Waals surface area contributed by atoms with Crippen molar-refractivity contribution in [3.8, 4) is 11.3 Å². The van der Waals surface area contributed by atoms with E-state index >= 15 is 0 Å². The molecule has 2 N–H and O–H groups in total. The average Bonchev–Trinajstić information content (AvgIpc) is 3.26. The minimum absolute atomic E-state index is 0. The molecule has 0 spiro atoms. The SMILES string of the molecule is Cl.O=C(Nc1ccccc1-c1cc2c(CN3CCNCC3)cccc2o1)c1ccncc1. The Kier molecular flexibility index (Phi) is 6.85. The van der Waals surface area contributed by atoms with Gasteiger partial charge in [-0.15, -0.1) is 12.4 Å². The Morgan fingerprint density at radius 1 is 1.03 bits per heavy atom. The molecule has 1 saturated heterocycles. The summed E-state index contributed by atoms with van der Waals surface area (Å²) in [5.74, 6) is 0.568. The second-order valence-corrected chi connectivity index (χ2v) is 7.70. The summed E-state index contributed by atoms with van der Waals surface area (Å²) in [6.45, 7) is 5.04. The molecule has 6 nitrogen and oxygen atoms in total. The van der Waals surface area contributed by atoms with Crippen LogP contribution in [0.4, 0.5) is 5.69 Å². The number of benzene rings is 2. The Bertz CT molecular complexity index is 1200. The van der Waals surface area contributed by atoms with Crippen LogP contribution in [0.3, 0.4) is 0 Å². The van der Waals surface area contributed by atoms with Gasteiger partial charge in [-0.25, -0.2) is 0 Å². The monoisotopic (exact) mass is 448 g/mol. The van der Waals surface area contributed by atoms with Crippen LogP contribution in [0.1, 0.15) is 15.9 Å². The van der Waals surface area contributed by atoms with Gasteiger partial charge in [0.05, 0.1) is 5.69 Å². The number of pyridine rings is 1. The molecule has 4 aromatic rings. The molecular formula is C25H25ClN4O2. The molecule has 1 fully saturated rings. The highest BCUT2D eigenvalue weighted by Crippen LogP contribution is 2.34. The van der Waals surface area contributed by atoms with Gasteiger partial charge in [0.15, 0.2) is 0 Å². The van der Waals surface area contributed by atoms with Crippen LogP contribution in [0.2, 0.25) is 0 Å². The Hall–Kier alpha value is -3.19. The van der Waals surface area contributed by atoms with Crippen LogP contribution in [0, 0.1) is 0 Å². The van der Waals surface area contributed by atoms with Gasteiger partial charge in [-0.2, -0.15) is 0 Å². The van der Waals surface area contributed by atoms with Gasteiger partial charge in [0.2, 0.25) is 0 Å². The van der Waals surface area contributed by atoms with Gasteiger partial charge >= 0.3 is 0 Å². The number of halogens is 1. The fraction of sp³-hybridized carbons (Fsp3) is 0.200. The third kappa shape index (κ3) is 4.67. The van der Waals surface area contributed by atoms with Gasteiger partial charge in [-0.1, -0.05) is 24.3 Å². The summed E-state index contributed by atoms with van der Waals surface area (Å²) >= 11 is 0. The maximum atomic E-state index is 12.7.